The quantitative estimate of drug-likeness (QED) is 0.821. The minimum atomic E-state index is 0.316. The predicted octanol–water partition coefficient (Wildman–Crippen LogP) is 3.98. The number of hydrogen-bond acceptors (Lipinski definition) is 3. The highest BCUT2D eigenvalue weighted by atomic mass is 79.9. The molecule has 1 heterocycles. The Balaban J connectivity index is 2.14. The zero-order valence-corrected chi connectivity index (χ0v) is 12.8. The van der Waals surface area contributed by atoms with Gasteiger partial charge in [-0.3, -0.25) is 0 Å². The third-order valence-electron chi connectivity index (χ3n) is 3.23. The Kier molecular flexibility index (Phi) is 5.03. The molecule has 0 bridgehead atoms. The fourth-order valence-corrected chi connectivity index (χ4v) is 3.94. The summed E-state index contributed by atoms with van der Waals surface area (Å²) in [5, 5.41) is 5.78. The SMILES string of the molecule is CCCNC(c1sccc1Br)C(OC)C1CC1. The summed E-state index contributed by atoms with van der Waals surface area (Å²) in [7, 11) is 1.84. The summed E-state index contributed by atoms with van der Waals surface area (Å²) in [4.78, 5) is 1.37. The van der Waals surface area contributed by atoms with E-state index >= 15 is 0 Å². The lowest BCUT2D eigenvalue weighted by Crippen LogP contribution is -2.34. The number of hydrogen-bond donors (Lipinski definition) is 1. The molecule has 0 amide bonds. The topological polar surface area (TPSA) is 21.3 Å². The smallest absolute Gasteiger partial charge is 0.0802 e. The average Bonchev–Trinajstić information content (AvgIpc) is 3.07. The molecule has 2 nitrogen and oxygen atoms in total. The van der Waals surface area contributed by atoms with Crippen molar-refractivity contribution in [3.05, 3.63) is 20.8 Å². The van der Waals surface area contributed by atoms with Crippen LogP contribution in [0, 0.1) is 5.92 Å². The molecule has 1 N–H and O–H groups in total. The highest BCUT2D eigenvalue weighted by Gasteiger charge is 2.38. The molecule has 0 radical (unpaired) electrons. The number of ether oxygens (including phenoxy) is 1. The normalized spacial score (nSPS) is 19.2. The fraction of sp³-hybridized carbons (Fsp3) is 0.692. The van der Waals surface area contributed by atoms with E-state index in [1.807, 2.05) is 18.4 Å². The van der Waals surface area contributed by atoms with Crippen LogP contribution in [-0.2, 0) is 4.74 Å². The molecule has 17 heavy (non-hydrogen) atoms. The van der Waals surface area contributed by atoms with Crippen LogP contribution >= 0.6 is 27.3 Å². The third kappa shape index (κ3) is 3.31. The van der Waals surface area contributed by atoms with E-state index < -0.39 is 0 Å². The number of rotatable bonds is 7. The number of halogens is 1. The van der Waals surface area contributed by atoms with E-state index in [-0.39, 0.29) is 0 Å². The summed E-state index contributed by atoms with van der Waals surface area (Å²) in [6.07, 6.45) is 4.09. The van der Waals surface area contributed by atoms with Crippen molar-refractivity contribution in [2.24, 2.45) is 5.92 Å². The number of thiophene rings is 1. The molecular weight excluding hydrogens is 298 g/mol. The first-order chi connectivity index (χ1) is 8.27. The summed E-state index contributed by atoms with van der Waals surface area (Å²) in [6.45, 7) is 3.24. The Bertz CT molecular complexity index is 351. The average molecular weight is 318 g/mol. The molecule has 1 aliphatic rings. The van der Waals surface area contributed by atoms with Crippen molar-refractivity contribution < 1.29 is 4.74 Å². The molecule has 0 saturated heterocycles. The molecule has 96 valence electrons. The Labute approximate surface area is 116 Å². The molecule has 2 unspecified atom stereocenters. The van der Waals surface area contributed by atoms with E-state index in [1.54, 1.807) is 0 Å². The van der Waals surface area contributed by atoms with Crippen molar-refractivity contribution >= 4 is 27.3 Å². The van der Waals surface area contributed by atoms with Crippen LogP contribution in [0.25, 0.3) is 0 Å². The molecule has 1 aliphatic carbocycles. The zero-order chi connectivity index (χ0) is 12.3. The lowest BCUT2D eigenvalue weighted by molar-refractivity contribution is 0.0515. The van der Waals surface area contributed by atoms with Gasteiger partial charge in [-0.1, -0.05) is 6.92 Å². The summed E-state index contributed by atoms with van der Waals surface area (Å²) >= 11 is 5.45. The van der Waals surface area contributed by atoms with Gasteiger partial charge in [0.2, 0.25) is 0 Å². The van der Waals surface area contributed by atoms with Gasteiger partial charge in [0.05, 0.1) is 12.1 Å². The molecule has 0 aromatic carbocycles. The van der Waals surface area contributed by atoms with Crippen LogP contribution < -0.4 is 5.32 Å². The fourth-order valence-electron chi connectivity index (χ4n) is 2.21. The van der Waals surface area contributed by atoms with Gasteiger partial charge in [0.15, 0.2) is 0 Å². The van der Waals surface area contributed by atoms with Gasteiger partial charge >= 0.3 is 0 Å². The summed E-state index contributed by atoms with van der Waals surface area (Å²) in [6, 6.07) is 2.46. The second kappa shape index (κ2) is 6.32. The molecule has 2 atom stereocenters. The molecule has 1 aromatic rings. The first kappa shape index (κ1) is 13.5. The molecule has 1 fully saturated rings. The standard InChI is InChI=1S/C13H20BrNOS/c1-3-7-15-11(12(16-2)9-4-5-9)13-10(14)6-8-17-13/h6,8-9,11-12,15H,3-5,7H2,1-2H3. The van der Waals surface area contributed by atoms with E-state index in [4.69, 9.17) is 4.74 Å². The van der Waals surface area contributed by atoms with Gasteiger partial charge in [-0.25, -0.2) is 0 Å². The van der Waals surface area contributed by atoms with Crippen LogP contribution in [0.3, 0.4) is 0 Å². The van der Waals surface area contributed by atoms with E-state index in [1.165, 1.54) is 22.2 Å². The van der Waals surface area contributed by atoms with Crippen molar-refractivity contribution in [1.29, 1.82) is 0 Å². The lowest BCUT2D eigenvalue weighted by Gasteiger charge is -2.26. The van der Waals surface area contributed by atoms with Gasteiger partial charge in [0, 0.05) is 16.5 Å². The largest absolute Gasteiger partial charge is 0.379 e. The van der Waals surface area contributed by atoms with E-state index in [9.17, 15) is 0 Å². The van der Waals surface area contributed by atoms with Gasteiger partial charge in [0.25, 0.3) is 0 Å². The Morgan fingerprint density at radius 3 is 2.82 bits per heavy atom. The Hall–Kier alpha value is 0.1000. The summed E-state index contributed by atoms with van der Waals surface area (Å²) < 4.78 is 6.94. The van der Waals surface area contributed by atoms with Crippen molar-refractivity contribution in [3.63, 3.8) is 0 Å². The van der Waals surface area contributed by atoms with Crippen molar-refractivity contribution in [2.75, 3.05) is 13.7 Å². The maximum atomic E-state index is 5.74. The molecule has 0 aliphatic heterocycles. The minimum absolute atomic E-state index is 0.316. The molecule has 2 rings (SSSR count). The van der Waals surface area contributed by atoms with Crippen LogP contribution in [0.1, 0.15) is 37.1 Å². The van der Waals surface area contributed by atoms with E-state index in [0.29, 0.717) is 12.1 Å². The number of methoxy groups -OCH3 is 1. The van der Waals surface area contributed by atoms with Crippen LogP contribution in [0.15, 0.2) is 15.9 Å². The molecular formula is C13H20BrNOS. The molecule has 1 aromatic heterocycles. The Morgan fingerprint density at radius 1 is 1.59 bits per heavy atom. The maximum Gasteiger partial charge on any atom is 0.0802 e. The maximum absolute atomic E-state index is 5.74. The van der Waals surface area contributed by atoms with Gasteiger partial charge in [0.1, 0.15) is 0 Å². The second-order valence-corrected chi connectivity index (χ2v) is 6.40. The zero-order valence-electron chi connectivity index (χ0n) is 10.4. The second-order valence-electron chi connectivity index (χ2n) is 4.60. The van der Waals surface area contributed by atoms with Crippen molar-refractivity contribution in [3.8, 4) is 0 Å². The first-order valence-corrected chi connectivity index (χ1v) is 7.94. The van der Waals surface area contributed by atoms with Crippen LogP contribution in [0.4, 0.5) is 0 Å². The Morgan fingerprint density at radius 2 is 2.35 bits per heavy atom. The van der Waals surface area contributed by atoms with Crippen LogP contribution in [0.2, 0.25) is 0 Å². The lowest BCUT2D eigenvalue weighted by atomic mass is 10.0. The molecule has 4 heteroatoms. The molecule has 0 spiro atoms. The van der Waals surface area contributed by atoms with Gasteiger partial charge in [-0.15, -0.1) is 11.3 Å². The predicted molar refractivity (Wildman–Crippen MR) is 76.6 cm³/mol. The van der Waals surface area contributed by atoms with E-state index in [0.717, 1.165) is 18.9 Å². The highest BCUT2D eigenvalue weighted by molar-refractivity contribution is 9.10. The van der Waals surface area contributed by atoms with Gasteiger partial charge in [-0.05, 0) is 59.1 Å². The summed E-state index contributed by atoms with van der Waals surface area (Å²) in [5.41, 5.74) is 0. The monoisotopic (exact) mass is 317 g/mol. The van der Waals surface area contributed by atoms with Crippen LogP contribution in [0.5, 0.6) is 0 Å². The van der Waals surface area contributed by atoms with Crippen LogP contribution in [-0.4, -0.2) is 19.8 Å². The first-order valence-electron chi connectivity index (χ1n) is 6.27. The third-order valence-corrected chi connectivity index (χ3v) is 5.18. The van der Waals surface area contributed by atoms with Gasteiger partial charge < -0.3 is 10.1 Å². The van der Waals surface area contributed by atoms with E-state index in [2.05, 4.69) is 39.6 Å². The van der Waals surface area contributed by atoms with Crippen molar-refractivity contribution in [2.45, 2.75) is 38.3 Å². The molecule has 1 saturated carbocycles. The van der Waals surface area contributed by atoms with Gasteiger partial charge in [-0.2, -0.15) is 0 Å². The minimum Gasteiger partial charge on any atom is -0.379 e. The van der Waals surface area contributed by atoms with Crippen molar-refractivity contribution in [1.82, 2.24) is 5.32 Å². The number of nitrogens with one attached hydrogen (secondary N) is 1. The summed E-state index contributed by atoms with van der Waals surface area (Å²) in [5.74, 6) is 0.739. The highest BCUT2D eigenvalue weighted by Crippen LogP contribution is 2.42.